The Morgan fingerprint density at radius 1 is 1.28 bits per heavy atom. The summed E-state index contributed by atoms with van der Waals surface area (Å²) >= 11 is 1.23. The van der Waals surface area contributed by atoms with Gasteiger partial charge in [-0.05, 0) is 19.1 Å². The van der Waals surface area contributed by atoms with E-state index in [-0.39, 0.29) is 17.9 Å². The molecular formula is C12H12N2O3S. The first-order valence-electron chi connectivity index (χ1n) is 5.43. The topological polar surface area (TPSA) is 75.0 Å². The Morgan fingerprint density at radius 3 is 2.67 bits per heavy atom. The molecular weight excluding hydrogens is 252 g/mol. The fourth-order valence-corrected chi connectivity index (χ4v) is 2.31. The molecule has 6 heteroatoms. The zero-order chi connectivity index (χ0) is 13.0. The lowest BCUT2D eigenvalue weighted by Gasteiger charge is -2.02. The molecule has 0 aliphatic heterocycles. The number of benzene rings is 1. The lowest BCUT2D eigenvalue weighted by molar-refractivity contribution is 0.0515. The second kappa shape index (κ2) is 5.59. The average molecular weight is 264 g/mol. The van der Waals surface area contributed by atoms with Crippen molar-refractivity contribution in [3.63, 3.8) is 0 Å². The van der Waals surface area contributed by atoms with Crippen LogP contribution in [-0.2, 0) is 4.74 Å². The minimum Gasteiger partial charge on any atom is -0.461 e. The number of esters is 1. The number of aromatic amines is 2. The van der Waals surface area contributed by atoms with Crippen molar-refractivity contribution in [2.75, 3.05) is 6.61 Å². The third-order valence-corrected chi connectivity index (χ3v) is 3.28. The summed E-state index contributed by atoms with van der Waals surface area (Å²) in [5.41, 5.74) is -0.164. The first-order valence-corrected chi connectivity index (χ1v) is 6.24. The zero-order valence-corrected chi connectivity index (χ0v) is 10.5. The molecule has 2 aromatic rings. The van der Waals surface area contributed by atoms with Crippen LogP contribution in [0.4, 0.5) is 0 Å². The van der Waals surface area contributed by atoms with Crippen molar-refractivity contribution in [2.24, 2.45) is 0 Å². The Bertz CT molecular complexity index is 589. The Balaban J connectivity index is 2.30. The maximum absolute atomic E-state index is 11.6. The Kier molecular flexibility index (Phi) is 3.88. The fourth-order valence-electron chi connectivity index (χ4n) is 1.40. The number of carbonyl (C=O) groups excluding carboxylic acids is 1. The van der Waals surface area contributed by atoms with Gasteiger partial charge in [0.05, 0.1) is 6.61 Å². The number of nitrogens with one attached hydrogen (secondary N) is 2. The molecule has 0 saturated heterocycles. The standard InChI is InChI=1S/C12H12N2O3S/c1-2-17-12(16)9-10(11(15)14-13-9)18-8-6-4-3-5-7-8/h3-7H,2H2,1H3,(H2,13,14,15). The Labute approximate surface area is 108 Å². The molecule has 5 nitrogen and oxygen atoms in total. The van der Waals surface area contributed by atoms with Gasteiger partial charge in [0.15, 0.2) is 5.69 Å². The molecule has 0 unspecified atom stereocenters. The maximum atomic E-state index is 11.6. The second-order valence-electron chi connectivity index (χ2n) is 3.42. The predicted octanol–water partition coefficient (Wildman–Crippen LogP) is 2.03. The van der Waals surface area contributed by atoms with Gasteiger partial charge in [0, 0.05) is 4.90 Å². The molecule has 1 aromatic heterocycles. The summed E-state index contributed by atoms with van der Waals surface area (Å²) in [6.07, 6.45) is 0. The largest absolute Gasteiger partial charge is 0.461 e. The van der Waals surface area contributed by atoms with Crippen molar-refractivity contribution in [2.45, 2.75) is 16.7 Å². The SMILES string of the molecule is CCOC(=O)c1[nH][nH]c(=O)c1Sc1ccccc1. The van der Waals surface area contributed by atoms with Crippen molar-refractivity contribution < 1.29 is 9.53 Å². The van der Waals surface area contributed by atoms with Gasteiger partial charge < -0.3 is 4.74 Å². The molecule has 0 saturated carbocycles. The van der Waals surface area contributed by atoms with Gasteiger partial charge >= 0.3 is 5.97 Å². The van der Waals surface area contributed by atoms with Gasteiger partial charge in [0.25, 0.3) is 5.56 Å². The van der Waals surface area contributed by atoms with E-state index in [2.05, 4.69) is 10.2 Å². The highest BCUT2D eigenvalue weighted by Gasteiger charge is 2.19. The highest BCUT2D eigenvalue weighted by atomic mass is 32.2. The molecule has 0 bridgehead atoms. The number of carbonyl (C=O) groups is 1. The molecule has 0 amide bonds. The van der Waals surface area contributed by atoms with E-state index >= 15 is 0 Å². The Morgan fingerprint density at radius 2 is 2.00 bits per heavy atom. The third-order valence-electron chi connectivity index (χ3n) is 2.18. The minimum absolute atomic E-state index is 0.163. The summed E-state index contributed by atoms with van der Waals surface area (Å²) in [4.78, 5) is 24.5. The number of hydrogen-bond acceptors (Lipinski definition) is 4. The van der Waals surface area contributed by atoms with E-state index in [0.29, 0.717) is 4.90 Å². The molecule has 0 aliphatic carbocycles. The summed E-state index contributed by atoms with van der Waals surface area (Å²) in [5, 5.41) is 4.94. The molecule has 0 aliphatic rings. The monoisotopic (exact) mass is 264 g/mol. The maximum Gasteiger partial charge on any atom is 0.357 e. The van der Waals surface area contributed by atoms with Gasteiger partial charge in [-0.1, -0.05) is 30.0 Å². The van der Waals surface area contributed by atoms with Crippen LogP contribution in [0.2, 0.25) is 0 Å². The third kappa shape index (κ3) is 2.65. The lowest BCUT2D eigenvalue weighted by atomic mass is 10.4. The van der Waals surface area contributed by atoms with Crippen LogP contribution in [0.5, 0.6) is 0 Å². The first-order chi connectivity index (χ1) is 8.72. The summed E-state index contributed by atoms with van der Waals surface area (Å²) in [7, 11) is 0. The molecule has 1 aromatic carbocycles. The van der Waals surface area contributed by atoms with Crippen LogP contribution in [0.1, 0.15) is 17.4 Å². The first kappa shape index (κ1) is 12.5. The van der Waals surface area contributed by atoms with E-state index in [1.165, 1.54) is 11.8 Å². The van der Waals surface area contributed by atoms with E-state index in [1.54, 1.807) is 6.92 Å². The van der Waals surface area contributed by atoms with Crippen molar-refractivity contribution in [1.29, 1.82) is 0 Å². The highest BCUT2D eigenvalue weighted by Crippen LogP contribution is 2.26. The van der Waals surface area contributed by atoms with Crippen molar-refractivity contribution in [1.82, 2.24) is 10.2 Å². The smallest absolute Gasteiger partial charge is 0.357 e. The lowest BCUT2D eigenvalue weighted by Crippen LogP contribution is -2.08. The second-order valence-corrected chi connectivity index (χ2v) is 4.50. The van der Waals surface area contributed by atoms with Gasteiger partial charge in [-0.25, -0.2) is 4.79 Å². The van der Waals surface area contributed by atoms with Gasteiger partial charge in [0.2, 0.25) is 0 Å². The molecule has 0 atom stereocenters. The van der Waals surface area contributed by atoms with Crippen LogP contribution in [0, 0.1) is 0 Å². The number of hydrogen-bond donors (Lipinski definition) is 2. The normalized spacial score (nSPS) is 10.3. The molecule has 94 valence electrons. The van der Waals surface area contributed by atoms with Crippen LogP contribution >= 0.6 is 11.8 Å². The number of H-pyrrole nitrogens is 2. The minimum atomic E-state index is -0.533. The van der Waals surface area contributed by atoms with Crippen molar-refractivity contribution in [3.05, 3.63) is 46.4 Å². The predicted molar refractivity (Wildman–Crippen MR) is 67.9 cm³/mol. The molecule has 0 radical (unpaired) electrons. The van der Waals surface area contributed by atoms with Crippen LogP contribution in [0.15, 0.2) is 44.9 Å². The summed E-state index contributed by atoms with van der Waals surface area (Å²) in [6, 6.07) is 9.36. The van der Waals surface area contributed by atoms with Gasteiger partial charge in [-0.3, -0.25) is 15.0 Å². The molecule has 2 rings (SSSR count). The number of ether oxygens (including phenoxy) is 1. The molecule has 2 N–H and O–H groups in total. The number of aromatic nitrogens is 2. The molecule has 0 spiro atoms. The van der Waals surface area contributed by atoms with Gasteiger partial charge in [-0.15, -0.1) is 0 Å². The van der Waals surface area contributed by atoms with Crippen LogP contribution in [-0.4, -0.2) is 22.8 Å². The summed E-state index contributed by atoms with van der Waals surface area (Å²) in [5.74, 6) is -0.533. The Hall–Kier alpha value is -1.95. The van der Waals surface area contributed by atoms with Gasteiger partial charge in [0.1, 0.15) is 4.90 Å². The van der Waals surface area contributed by atoms with Crippen molar-refractivity contribution >= 4 is 17.7 Å². The van der Waals surface area contributed by atoms with Crippen molar-refractivity contribution in [3.8, 4) is 0 Å². The summed E-state index contributed by atoms with van der Waals surface area (Å²) < 4.78 is 4.88. The molecule has 0 fully saturated rings. The van der Waals surface area contributed by atoms with Crippen LogP contribution < -0.4 is 5.56 Å². The van der Waals surface area contributed by atoms with Crippen LogP contribution in [0.3, 0.4) is 0 Å². The van der Waals surface area contributed by atoms with E-state index in [1.807, 2.05) is 30.3 Å². The van der Waals surface area contributed by atoms with E-state index in [9.17, 15) is 9.59 Å². The molecule has 18 heavy (non-hydrogen) atoms. The average Bonchev–Trinajstić information content (AvgIpc) is 2.73. The van der Waals surface area contributed by atoms with Crippen LogP contribution in [0.25, 0.3) is 0 Å². The quantitative estimate of drug-likeness (QED) is 0.828. The molecule has 1 heterocycles. The van der Waals surface area contributed by atoms with Gasteiger partial charge in [-0.2, -0.15) is 0 Å². The zero-order valence-electron chi connectivity index (χ0n) is 9.73. The fraction of sp³-hybridized carbons (Fsp3) is 0.167. The summed E-state index contributed by atoms with van der Waals surface area (Å²) in [6.45, 7) is 1.98. The van der Waals surface area contributed by atoms with E-state index in [4.69, 9.17) is 4.74 Å². The number of rotatable bonds is 4. The van der Waals surface area contributed by atoms with E-state index in [0.717, 1.165) is 4.90 Å². The van der Waals surface area contributed by atoms with E-state index < -0.39 is 5.97 Å². The highest BCUT2D eigenvalue weighted by molar-refractivity contribution is 7.99.